The summed E-state index contributed by atoms with van der Waals surface area (Å²) in [5.41, 5.74) is 3.63. The summed E-state index contributed by atoms with van der Waals surface area (Å²) >= 11 is 7.54. The number of aryl methyl sites for hydroxylation is 2. The van der Waals surface area contributed by atoms with Crippen LogP contribution in [-0.2, 0) is 9.53 Å². The Kier molecular flexibility index (Phi) is 7.12. The number of amides is 1. The first-order chi connectivity index (χ1) is 12.3. The maximum atomic E-state index is 12.2. The normalized spacial score (nSPS) is 11.7. The molecule has 0 radical (unpaired) electrons. The summed E-state index contributed by atoms with van der Waals surface area (Å²) in [6, 6.07) is 11.0. The Bertz CT molecular complexity index is 823. The van der Waals surface area contributed by atoms with Crippen molar-refractivity contribution in [2.24, 2.45) is 0 Å². The SMILES string of the molecule is CSc1ccc(Cl)c(C(=O)OCC(=O)N[C@H](C)c2ccc(C)c(C)c2)c1. The van der Waals surface area contributed by atoms with Gasteiger partial charge in [-0.1, -0.05) is 29.8 Å². The molecule has 0 saturated heterocycles. The molecule has 1 N–H and O–H groups in total. The summed E-state index contributed by atoms with van der Waals surface area (Å²) in [6.45, 7) is 5.61. The van der Waals surface area contributed by atoms with Gasteiger partial charge in [-0.3, -0.25) is 4.79 Å². The smallest absolute Gasteiger partial charge is 0.340 e. The minimum atomic E-state index is -0.611. The van der Waals surface area contributed by atoms with Crippen LogP contribution in [0.3, 0.4) is 0 Å². The molecule has 0 aliphatic heterocycles. The topological polar surface area (TPSA) is 55.4 Å². The second-order valence-corrected chi connectivity index (χ2v) is 7.34. The average Bonchev–Trinajstić information content (AvgIpc) is 2.62. The van der Waals surface area contributed by atoms with E-state index < -0.39 is 5.97 Å². The number of carbonyl (C=O) groups excluding carboxylic acids is 2. The van der Waals surface area contributed by atoms with Gasteiger partial charge >= 0.3 is 5.97 Å². The third-order valence-electron chi connectivity index (χ3n) is 4.14. The predicted molar refractivity (Wildman–Crippen MR) is 106 cm³/mol. The summed E-state index contributed by atoms with van der Waals surface area (Å²) in [5, 5.41) is 3.14. The van der Waals surface area contributed by atoms with Crippen LogP contribution in [0.4, 0.5) is 0 Å². The second-order valence-electron chi connectivity index (χ2n) is 6.05. The highest BCUT2D eigenvalue weighted by Crippen LogP contribution is 2.23. The van der Waals surface area contributed by atoms with Crippen LogP contribution in [-0.4, -0.2) is 24.7 Å². The molecule has 0 unspecified atom stereocenters. The monoisotopic (exact) mass is 391 g/mol. The van der Waals surface area contributed by atoms with Gasteiger partial charge in [0.15, 0.2) is 6.61 Å². The van der Waals surface area contributed by atoms with Crippen LogP contribution in [0.5, 0.6) is 0 Å². The van der Waals surface area contributed by atoms with Crippen molar-refractivity contribution in [2.75, 3.05) is 12.9 Å². The minimum absolute atomic E-state index is 0.177. The van der Waals surface area contributed by atoms with E-state index in [1.54, 1.807) is 12.1 Å². The Balaban J connectivity index is 1.93. The molecule has 0 heterocycles. The summed E-state index contributed by atoms with van der Waals surface area (Å²) < 4.78 is 5.11. The Labute approximate surface area is 163 Å². The van der Waals surface area contributed by atoms with Gasteiger partial charge in [-0.2, -0.15) is 0 Å². The van der Waals surface area contributed by atoms with Gasteiger partial charge in [-0.05, 0) is 61.9 Å². The first-order valence-corrected chi connectivity index (χ1v) is 9.79. The number of hydrogen-bond donors (Lipinski definition) is 1. The van der Waals surface area contributed by atoms with Crippen LogP contribution in [0, 0.1) is 13.8 Å². The van der Waals surface area contributed by atoms with Crippen LogP contribution in [0.15, 0.2) is 41.3 Å². The van der Waals surface area contributed by atoms with E-state index in [2.05, 4.69) is 5.32 Å². The first-order valence-electron chi connectivity index (χ1n) is 8.19. The predicted octanol–water partition coefficient (Wildman–Crippen LogP) is 4.71. The molecule has 0 fully saturated rings. The molecular formula is C20H22ClNO3S. The third kappa shape index (κ3) is 5.26. The number of nitrogens with one attached hydrogen (secondary N) is 1. The number of hydrogen-bond acceptors (Lipinski definition) is 4. The maximum Gasteiger partial charge on any atom is 0.340 e. The molecule has 0 spiro atoms. The molecule has 6 heteroatoms. The first kappa shape index (κ1) is 20.3. The molecule has 1 atom stereocenters. The maximum absolute atomic E-state index is 12.2. The molecule has 0 aliphatic carbocycles. The van der Waals surface area contributed by atoms with Crippen molar-refractivity contribution in [3.05, 3.63) is 63.7 Å². The van der Waals surface area contributed by atoms with Crippen LogP contribution < -0.4 is 5.32 Å². The zero-order valence-corrected chi connectivity index (χ0v) is 16.8. The van der Waals surface area contributed by atoms with Crippen LogP contribution in [0.25, 0.3) is 0 Å². The van der Waals surface area contributed by atoms with E-state index in [-0.39, 0.29) is 24.1 Å². The summed E-state index contributed by atoms with van der Waals surface area (Å²) in [6.07, 6.45) is 1.90. The number of ether oxygens (including phenoxy) is 1. The highest BCUT2D eigenvalue weighted by atomic mass is 35.5. The lowest BCUT2D eigenvalue weighted by Crippen LogP contribution is -2.31. The van der Waals surface area contributed by atoms with Gasteiger partial charge in [0.05, 0.1) is 16.6 Å². The number of esters is 1. The lowest BCUT2D eigenvalue weighted by atomic mass is 10.0. The van der Waals surface area contributed by atoms with Crippen LogP contribution in [0.2, 0.25) is 5.02 Å². The van der Waals surface area contributed by atoms with E-state index in [1.165, 1.54) is 22.9 Å². The Morgan fingerprint density at radius 3 is 2.54 bits per heavy atom. The van der Waals surface area contributed by atoms with Gasteiger partial charge in [0, 0.05) is 4.90 Å². The van der Waals surface area contributed by atoms with Gasteiger partial charge in [0.1, 0.15) is 0 Å². The van der Waals surface area contributed by atoms with E-state index >= 15 is 0 Å². The molecule has 26 heavy (non-hydrogen) atoms. The molecule has 2 rings (SSSR count). The zero-order valence-electron chi connectivity index (χ0n) is 15.3. The molecule has 0 aromatic heterocycles. The molecule has 0 aliphatic rings. The summed E-state index contributed by atoms with van der Waals surface area (Å²) in [5.74, 6) is -0.971. The van der Waals surface area contributed by atoms with E-state index in [0.29, 0.717) is 5.02 Å². The Hall–Kier alpha value is -1.98. The Morgan fingerprint density at radius 1 is 1.15 bits per heavy atom. The standard InChI is InChI=1S/C20H22ClNO3S/c1-12-5-6-15(9-13(12)2)14(3)22-19(23)11-25-20(24)17-10-16(26-4)7-8-18(17)21/h5-10,14H,11H2,1-4H3,(H,22,23)/t14-/m1/s1. The number of halogens is 1. The van der Waals surface area contributed by atoms with Crippen molar-refractivity contribution in [2.45, 2.75) is 31.7 Å². The number of thioether (sulfide) groups is 1. The lowest BCUT2D eigenvalue weighted by molar-refractivity contribution is -0.124. The molecule has 2 aromatic carbocycles. The molecular weight excluding hydrogens is 370 g/mol. The summed E-state index contributed by atoms with van der Waals surface area (Å²) in [4.78, 5) is 25.2. The average molecular weight is 392 g/mol. The number of benzene rings is 2. The lowest BCUT2D eigenvalue weighted by Gasteiger charge is -2.16. The highest BCUT2D eigenvalue weighted by Gasteiger charge is 2.16. The molecule has 0 saturated carbocycles. The van der Waals surface area contributed by atoms with Crippen molar-refractivity contribution in [3.63, 3.8) is 0 Å². The van der Waals surface area contributed by atoms with Crippen molar-refractivity contribution >= 4 is 35.2 Å². The largest absolute Gasteiger partial charge is 0.452 e. The molecule has 0 bridgehead atoms. The van der Waals surface area contributed by atoms with Gasteiger partial charge < -0.3 is 10.1 Å². The zero-order chi connectivity index (χ0) is 19.3. The highest BCUT2D eigenvalue weighted by molar-refractivity contribution is 7.98. The summed E-state index contributed by atoms with van der Waals surface area (Å²) in [7, 11) is 0. The third-order valence-corrected chi connectivity index (χ3v) is 5.19. The van der Waals surface area contributed by atoms with Gasteiger partial charge in [0.2, 0.25) is 0 Å². The van der Waals surface area contributed by atoms with E-state index in [4.69, 9.17) is 16.3 Å². The van der Waals surface area contributed by atoms with Gasteiger partial charge in [0.25, 0.3) is 5.91 Å². The fourth-order valence-electron chi connectivity index (χ4n) is 2.40. The van der Waals surface area contributed by atoms with Crippen molar-refractivity contribution in [3.8, 4) is 0 Å². The second kappa shape index (κ2) is 9.10. The fraction of sp³-hybridized carbons (Fsp3) is 0.300. The van der Waals surface area contributed by atoms with Crippen LogP contribution >= 0.6 is 23.4 Å². The van der Waals surface area contributed by atoms with Gasteiger partial charge in [-0.15, -0.1) is 11.8 Å². The number of rotatable bonds is 6. The number of carbonyl (C=O) groups is 2. The van der Waals surface area contributed by atoms with Crippen molar-refractivity contribution in [1.82, 2.24) is 5.32 Å². The van der Waals surface area contributed by atoms with E-state index in [0.717, 1.165) is 10.5 Å². The Morgan fingerprint density at radius 2 is 1.88 bits per heavy atom. The fourth-order valence-corrected chi connectivity index (χ4v) is 3.03. The molecule has 4 nitrogen and oxygen atoms in total. The quantitative estimate of drug-likeness (QED) is 0.572. The van der Waals surface area contributed by atoms with Crippen molar-refractivity contribution in [1.29, 1.82) is 0 Å². The molecule has 2 aromatic rings. The molecule has 138 valence electrons. The molecule has 1 amide bonds. The minimum Gasteiger partial charge on any atom is -0.452 e. The van der Waals surface area contributed by atoms with Gasteiger partial charge in [-0.25, -0.2) is 4.79 Å². The van der Waals surface area contributed by atoms with Crippen molar-refractivity contribution < 1.29 is 14.3 Å². The van der Waals surface area contributed by atoms with E-state index in [9.17, 15) is 9.59 Å². The van der Waals surface area contributed by atoms with Crippen LogP contribution in [0.1, 0.15) is 40.0 Å². The van der Waals surface area contributed by atoms with E-state index in [1.807, 2.05) is 51.3 Å².